The summed E-state index contributed by atoms with van der Waals surface area (Å²) in [7, 11) is -3.79. The average Bonchev–Trinajstić information content (AvgIpc) is 3.18. The Morgan fingerprint density at radius 2 is 1.86 bits per heavy atom. The molecule has 3 N–H and O–H groups in total. The number of benzene rings is 2. The Bertz CT molecular complexity index is 1610. The van der Waals surface area contributed by atoms with Gasteiger partial charge in [-0.05, 0) is 48.4 Å². The fourth-order valence-electron chi connectivity index (χ4n) is 4.59. The van der Waals surface area contributed by atoms with Crippen LogP contribution >= 0.6 is 0 Å². The number of rotatable bonds is 9. The number of fused-ring (bicyclic) bond motifs is 1. The lowest BCUT2D eigenvalue weighted by Crippen LogP contribution is -2.33. The molecule has 1 aliphatic rings. The minimum absolute atomic E-state index is 0.0171. The zero-order valence-electron chi connectivity index (χ0n) is 23.1. The Balaban J connectivity index is 1.53. The van der Waals surface area contributed by atoms with Crippen molar-refractivity contribution in [2.75, 3.05) is 30.8 Å². The molecule has 3 amide bonds. The number of carbonyl (C=O) groups is 3. The van der Waals surface area contributed by atoms with Crippen molar-refractivity contribution in [2.45, 2.75) is 38.1 Å². The summed E-state index contributed by atoms with van der Waals surface area (Å²) in [6.45, 7) is 3.76. The first-order valence-electron chi connectivity index (χ1n) is 13.4. The summed E-state index contributed by atoms with van der Waals surface area (Å²) >= 11 is 0. The van der Waals surface area contributed by atoms with Crippen molar-refractivity contribution >= 4 is 33.6 Å². The summed E-state index contributed by atoms with van der Waals surface area (Å²) in [5.74, 6) is -1.03. The van der Waals surface area contributed by atoms with Crippen molar-refractivity contribution in [1.29, 1.82) is 0 Å². The van der Waals surface area contributed by atoms with Gasteiger partial charge in [0, 0.05) is 48.0 Å². The van der Waals surface area contributed by atoms with Gasteiger partial charge in [-0.15, -0.1) is 0 Å². The van der Waals surface area contributed by atoms with Gasteiger partial charge in [-0.25, -0.2) is 22.6 Å². The standard InChI is InChI=1S/C29H31FN4O7S/c1-3-21-22(7-9-24(27(21)30)42(39,40)4-2)28(36)34-13-14-41-23-8-5-18(15-20(23)17-34)19-6-10-25(32-16-19)33-26(35)11-12-31-29(37)38/h5-10,15-16,31H,3-4,11-14,17H2,1-2H3,(H,37,38)(H,32,33,35). The topological polar surface area (TPSA) is 155 Å². The van der Waals surface area contributed by atoms with Gasteiger partial charge in [0.15, 0.2) is 9.84 Å². The maximum Gasteiger partial charge on any atom is 0.404 e. The third-order valence-electron chi connectivity index (χ3n) is 6.83. The Morgan fingerprint density at radius 3 is 2.52 bits per heavy atom. The second kappa shape index (κ2) is 13.0. The fraction of sp³-hybridized carbons (Fsp3) is 0.310. The molecule has 13 heteroatoms. The van der Waals surface area contributed by atoms with E-state index in [4.69, 9.17) is 9.84 Å². The van der Waals surface area contributed by atoms with Gasteiger partial charge in [0.2, 0.25) is 5.91 Å². The highest BCUT2D eigenvalue weighted by Crippen LogP contribution is 2.31. The molecule has 1 aromatic heterocycles. The second-order valence-electron chi connectivity index (χ2n) is 9.52. The van der Waals surface area contributed by atoms with Crippen LogP contribution in [0.3, 0.4) is 0 Å². The molecule has 4 rings (SSSR count). The highest BCUT2D eigenvalue weighted by molar-refractivity contribution is 7.91. The molecule has 0 bridgehead atoms. The molecular formula is C29H31FN4O7S. The van der Waals surface area contributed by atoms with Gasteiger partial charge in [-0.1, -0.05) is 19.9 Å². The number of hydrogen-bond acceptors (Lipinski definition) is 7. The number of halogens is 1. The van der Waals surface area contributed by atoms with Crippen LogP contribution in [0.1, 0.15) is 41.8 Å². The summed E-state index contributed by atoms with van der Waals surface area (Å²) < 4.78 is 45.8. The Kier molecular flexibility index (Phi) is 9.41. The van der Waals surface area contributed by atoms with Crippen molar-refractivity contribution in [3.63, 3.8) is 0 Å². The van der Waals surface area contributed by atoms with Gasteiger partial charge in [0.05, 0.1) is 12.3 Å². The van der Waals surface area contributed by atoms with E-state index in [-0.39, 0.29) is 61.9 Å². The zero-order valence-corrected chi connectivity index (χ0v) is 24.0. The molecule has 11 nitrogen and oxygen atoms in total. The molecule has 0 saturated heterocycles. The largest absolute Gasteiger partial charge is 0.491 e. The van der Waals surface area contributed by atoms with E-state index in [2.05, 4.69) is 15.6 Å². The van der Waals surface area contributed by atoms with Gasteiger partial charge in [-0.2, -0.15) is 0 Å². The lowest BCUT2D eigenvalue weighted by Gasteiger charge is -2.22. The molecule has 0 atom stereocenters. The highest BCUT2D eigenvalue weighted by Gasteiger charge is 2.27. The molecule has 0 saturated carbocycles. The summed E-state index contributed by atoms with van der Waals surface area (Å²) in [5, 5.41) is 13.3. The van der Waals surface area contributed by atoms with Crippen molar-refractivity contribution in [3.05, 3.63) is 71.2 Å². The van der Waals surface area contributed by atoms with E-state index in [1.165, 1.54) is 13.0 Å². The number of nitrogens with zero attached hydrogens (tertiary/aromatic N) is 2. The lowest BCUT2D eigenvalue weighted by molar-refractivity contribution is -0.116. The van der Waals surface area contributed by atoms with Crippen molar-refractivity contribution in [2.24, 2.45) is 0 Å². The van der Waals surface area contributed by atoms with Gasteiger partial charge >= 0.3 is 6.09 Å². The fourth-order valence-corrected chi connectivity index (χ4v) is 5.57. The van der Waals surface area contributed by atoms with Crippen LogP contribution in [-0.4, -0.2) is 66.8 Å². The molecule has 42 heavy (non-hydrogen) atoms. The molecule has 3 aromatic rings. The maximum atomic E-state index is 15.3. The van der Waals surface area contributed by atoms with Crippen LogP contribution in [-0.2, 0) is 27.6 Å². The number of ether oxygens (including phenoxy) is 1. The summed E-state index contributed by atoms with van der Waals surface area (Å²) in [4.78, 5) is 41.5. The Labute approximate surface area is 242 Å². The number of pyridine rings is 1. The van der Waals surface area contributed by atoms with Crippen LogP contribution < -0.4 is 15.4 Å². The van der Waals surface area contributed by atoms with Gasteiger partial charge in [0.1, 0.15) is 28.9 Å². The minimum Gasteiger partial charge on any atom is -0.491 e. The maximum absolute atomic E-state index is 15.3. The third kappa shape index (κ3) is 6.85. The number of carboxylic acid groups (broad SMARTS) is 1. The predicted molar refractivity (Wildman–Crippen MR) is 153 cm³/mol. The van der Waals surface area contributed by atoms with Crippen molar-refractivity contribution in [3.8, 4) is 16.9 Å². The summed E-state index contributed by atoms with van der Waals surface area (Å²) in [6.07, 6.45) is 0.482. The third-order valence-corrected chi connectivity index (χ3v) is 8.57. The van der Waals surface area contributed by atoms with Crippen LogP contribution in [0.15, 0.2) is 53.6 Å². The molecule has 2 heterocycles. The zero-order chi connectivity index (χ0) is 30.4. The molecule has 0 spiro atoms. The highest BCUT2D eigenvalue weighted by atomic mass is 32.2. The summed E-state index contributed by atoms with van der Waals surface area (Å²) in [6, 6.07) is 11.4. The number of amides is 3. The first-order chi connectivity index (χ1) is 20.0. The predicted octanol–water partition coefficient (Wildman–Crippen LogP) is 3.87. The van der Waals surface area contributed by atoms with Gasteiger partial charge in [-0.3, -0.25) is 9.59 Å². The molecule has 0 fully saturated rings. The van der Waals surface area contributed by atoms with E-state index in [1.807, 2.05) is 12.1 Å². The van der Waals surface area contributed by atoms with E-state index < -0.39 is 32.6 Å². The number of hydrogen-bond donors (Lipinski definition) is 3. The lowest BCUT2D eigenvalue weighted by atomic mass is 10.0. The normalized spacial score (nSPS) is 13.0. The molecule has 0 aliphatic carbocycles. The first-order valence-corrected chi connectivity index (χ1v) is 15.0. The van der Waals surface area contributed by atoms with E-state index >= 15 is 4.39 Å². The van der Waals surface area contributed by atoms with E-state index in [9.17, 15) is 22.8 Å². The van der Waals surface area contributed by atoms with Crippen LogP contribution in [0, 0.1) is 5.82 Å². The van der Waals surface area contributed by atoms with Gasteiger partial charge < -0.3 is 25.4 Å². The van der Waals surface area contributed by atoms with E-state index in [1.54, 1.807) is 36.2 Å². The number of carbonyl (C=O) groups excluding carboxylic acids is 2. The quantitative estimate of drug-likeness (QED) is 0.335. The number of aromatic nitrogens is 1. The number of nitrogens with one attached hydrogen (secondary N) is 2. The van der Waals surface area contributed by atoms with Crippen molar-refractivity contribution in [1.82, 2.24) is 15.2 Å². The smallest absolute Gasteiger partial charge is 0.404 e. The first kappa shape index (κ1) is 30.4. The molecular weight excluding hydrogens is 567 g/mol. The van der Waals surface area contributed by atoms with Crippen LogP contribution in [0.25, 0.3) is 11.1 Å². The monoisotopic (exact) mass is 598 g/mol. The molecule has 0 unspecified atom stereocenters. The average molecular weight is 599 g/mol. The molecule has 222 valence electrons. The van der Waals surface area contributed by atoms with Gasteiger partial charge in [0.25, 0.3) is 5.91 Å². The SMILES string of the molecule is CCc1c(C(=O)N2CCOc3ccc(-c4ccc(NC(=O)CCNC(=O)O)nc4)cc3C2)ccc(S(=O)(=O)CC)c1F. The van der Waals surface area contributed by atoms with Crippen LogP contribution in [0.4, 0.5) is 15.0 Å². The minimum atomic E-state index is -3.79. The summed E-state index contributed by atoms with van der Waals surface area (Å²) in [5.41, 5.74) is 2.44. The number of sulfone groups is 1. The Hall–Kier alpha value is -4.52. The van der Waals surface area contributed by atoms with Crippen LogP contribution in [0.2, 0.25) is 0 Å². The van der Waals surface area contributed by atoms with Crippen LogP contribution in [0.5, 0.6) is 5.75 Å². The van der Waals surface area contributed by atoms with E-state index in [0.29, 0.717) is 11.6 Å². The Morgan fingerprint density at radius 1 is 1.10 bits per heavy atom. The molecule has 2 aromatic carbocycles. The number of anilines is 1. The molecule has 1 aliphatic heterocycles. The van der Waals surface area contributed by atoms with Crippen molar-refractivity contribution < 1.29 is 37.0 Å². The second-order valence-corrected chi connectivity index (χ2v) is 11.8. The van der Waals surface area contributed by atoms with E-state index in [0.717, 1.165) is 22.8 Å². The molecule has 0 radical (unpaired) electrons.